The summed E-state index contributed by atoms with van der Waals surface area (Å²) in [5.41, 5.74) is -2.54. The summed E-state index contributed by atoms with van der Waals surface area (Å²) in [6, 6.07) is 3.54. The summed E-state index contributed by atoms with van der Waals surface area (Å²) in [5.74, 6) is -5.96. The van der Waals surface area contributed by atoms with Gasteiger partial charge in [0.15, 0.2) is 18.7 Å². The summed E-state index contributed by atoms with van der Waals surface area (Å²) >= 11 is 0. The number of ether oxygens (including phenoxy) is 7. The van der Waals surface area contributed by atoms with Crippen molar-refractivity contribution in [2.75, 3.05) is 41.4 Å². The van der Waals surface area contributed by atoms with Crippen molar-refractivity contribution in [1.29, 1.82) is 0 Å². The van der Waals surface area contributed by atoms with Crippen LogP contribution >= 0.6 is 0 Å². The van der Waals surface area contributed by atoms with Crippen LogP contribution in [0.2, 0.25) is 0 Å². The van der Waals surface area contributed by atoms with E-state index in [0.717, 1.165) is 29.5 Å². The van der Waals surface area contributed by atoms with Crippen molar-refractivity contribution in [3.05, 3.63) is 45.2 Å². The highest BCUT2D eigenvalue weighted by Crippen LogP contribution is 2.42. The summed E-state index contributed by atoms with van der Waals surface area (Å²) in [5, 5.41) is 66.2. The number of rotatable bonds is 17. The first kappa shape index (κ1) is 63.1. The van der Waals surface area contributed by atoms with Crippen molar-refractivity contribution in [1.82, 2.24) is 14.8 Å². The molecule has 1 aromatic carbocycles. The van der Waals surface area contributed by atoms with E-state index in [9.17, 15) is 44.7 Å². The molecule has 5 heterocycles. The predicted molar refractivity (Wildman–Crippen MR) is 289 cm³/mol. The Morgan fingerprint density at radius 1 is 0.949 bits per heavy atom. The van der Waals surface area contributed by atoms with Crippen LogP contribution in [0.15, 0.2) is 28.3 Å². The van der Waals surface area contributed by atoms with Crippen molar-refractivity contribution in [2.24, 2.45) is 28.8 Å². The molecular formula is C57H90N4O17. The topological polar surface area (TPSA) is 276 Å². The van der Waals surface area contributed by atoms with Gasteiger partial charge in [-0.1, -0.05) is 38.9 Å². The second kappa shape index (κ2) is 26.2. The number of benzene rings is 1. The number of hydrogen-bond donors (Lipinski definition) is 6. The highest BCUT2D eigenvalue weighted by molar-refractivity contribution is 5.94. The first-order chi connectivity index (χ1) is 36.6. The smallest absolute Gasteiger partial charge is 0.341 e. The van der Waals surface area contributed by atoms with Crippen LogP contribution in [0, 0.1) is 23.7 Å². The third-order valence-electron chi connectivity index (χ3n) is 17.0. The second-order valence-corrected chi connectivity index (χ2v) is 23.5. The lowest BCUT2D eigenvalue weighted by Crippen LogP contribution is -2.61. The Bertz CT molecular complexity index is 2480. The van der Waals surface area contributed by atoms with Crippen LogP contribution in [0.3, 0.4) is 0 Å². The maximum absolute atomic E-state index is 14.6. The largest absolute Gasteiger partial charge is 0.477 e. The molecule has 3 saturated heterocycles. The zero-order valence-electron chi connectivity index (χ0n) is 48.4. The summed E-state index contributed by atoms with van der Waals surface area (Å²) in [6.45, 7) is 18.5. The number of aryl methyl sites for hydroxylation is 3. The third-order valence-corrected chi connectivity index (χ3v) is 17.0. The van der Waals surface area contributed by atoms with Crippen LogP contribution in [0.4, 0.5) is 0 Å². The molecule has 21 nitrogen and oxygen atoms in total. The Hall–Kier alpha value is -4.13. The molecule has 4 aliphatic rings. The van der Waals surface area contributed by atoms with Crippen LogP contribution in [0.1, 0.15) is 136 Å². The Labute approximate surface area is 459 Å². The van der Waals surface area contributed by atoms with E-state index in [1.165, 1.54) is 27.3 Å². The first-order valence-electron chi connectivity index (χ1n) is 27.9. The molecule has 21 heteroatoms. The molecule has 78 heavy (non-hydrogen) atoms. The zero-order chi connectivity index (χ0) is 57.8. The number of carboxylic acid groups (broad SMARTS) is 1. The molecule has 0 radical (unpaired) electrons. The number of nitrogens with zero attached hydrogens (tertiary/aromatic N) is 3. The van der Waals surface area contributed by atoms with Gasteiger partial charge in [0, 0.05) is 62.0 Å². The van der Waals surface area contributed by atoms with Crippen LogP contribution < -0.4 is 10.7 Å². The van der Waals surface area contributed by atoms with Crippen molar-refractivity contribution in [3.63, 3.8) is 0 Å². The fourth-order valence-electron chi connectivity index (χ4n) is 12.6. The molecule has 0 amide bonds. The van der Waals surface area contributed by atoms with Gasteiger partial charge >= 0.3 is 17.9 Å². The minimum absolute atomic E-state index is 0.0234. The highest BCUT2D eigenvalue weighted by Gasteiger charge is 2.54. The molecule has 440 valence electrons. The van der Waals surface area contributed by atoms with E-state index in [1.54, 1.807) is 54.5 Å². The number of aliphatic hydroxyl groups excluding tert-OH is 2. The van der Waals surface area contributed by atoms with E-state index >= 15 is 0 Å². The maximum atomic E-state index is 14.6. The lowest BCUT2D eigenvalue weighted by atomic mass is 9.73. The second-order valence-electron chi connectivity index (χ2n) is 23.5. The number of esters is 2. The fraction of sp³-hybridized carbons (Fsp3) is 0.772. The number of pyridine rings is 1. The number of oxime groups is 1. The lowest BCUT2D eigenvalue weighted by Gasteiger charge is -2.49. The Morgan fingerprint density at radius 3 is 2.29 bits per heavy atom. The number of cyclic esters (lactones) is 1. The molecule has 0 bridgehead atoms. The van der Waals surface area contributed by atoms with Gasteiger partial charge in [0.2, 0.25) is 5.43 Å². The molecule has 4 aliphatic heterocycles. The highest BCUT2D eigenvalue weighted by atomic mass is 16.7. The normalized spacial score (nSPS) is 37.7. The van der Waals surface area contributed by atoms with Gasteiger partial charge in [-0.3, -0.25) is 14.4 Å². The van der Waals surface area contributed by atoms with Gasteiger partial charge in [-0.15, -0.1) is 0 Å². The van der Waals surface area contributed by atoms with Crippen molar-refractivity contribution >= 4 is 34.5 Å². The van der Waals surface area contributed by atoms with Crippen molar-refractivity contribution < 1.29 is 77.9 Å². The van der Waals surface area contributed by atoms with Crippen molar-refractivity contribution in [2.45, 2.75) is 218 Å². The average Bonchev–Trinajstić information content (AvgIpc) is 3.45. The van der Waals surface area contributed by atoms with E-state index in [2.05, 4.69) is 16.5 Å². The third kappa shape index (κ3) is 13.9. The van der Waals surface area contributed by atoms with Gasteiger partial charge in [0.25, 0.3) is 0 Å². The van der Waals surface area contributed by atoms with Crippen LogP contribution in [0.25, 0.3) is 10.9 Å². The standard InChI is InChI=1S/C57H90N4O17/c1-15-41-57(10,70)49(65)32(4)44(59-72-14)30(2)27-55(8,69)50(78-54-47(64)40(60(11)12)24-31(3)73-54)33(5)48(34(6)53(68)75-41)77-43-28-56(9,71-13)51(35(7)74-43)76-42(62)20-22-58-21-16-18-36-25-37-19-17-23-61-29-39(52(66)67)46(63)38(26-36)45(37)61/h25-26,29-35,40-41,43,47-51,54,58,64-65,69-70H,15-24,27-28H2,1-14H3,(H,66,67)/b59-44+/t30-,31+,32+,33+,34+,35-,40-,41-,43+,47-,48+,49-,50-,51+,54-,55+,56-,57-/m0/s1. The van der Waals surface area contributed by atoms with Crippen LogP contribution in [0.5, 0.6) is 0 Å². The number of carboxylic acids is 1. The molecule has 0 unspecified atom stereocenters. The molecule has 0 spiro atoms. The van der Waals surface area contributed by atoms with Crippen LogP contribution in [-0.2, 0) is 67.0 Å². The molecular weight excluding hydrogens is 1010 g/mol. The Morgan fingerprint density at radius 2 is 1.65 bits per heavy atom. The monoisotopic (exact) mass is 1100 g/mol. The molecule has 3 fully saturated rings. The van der Waals surface area contributed by atoms with E-state index in [-0.39, 0.29) is 43.4 Å². The molecule has 0 saturated carbocycles. The number of aromatic carboxylic acids is 1. The zero-order valence-corrected chi connectivity index (χ0v) is 48.4. The fourth-order valence-corrected chi connectivity index (χ4v) is 12.6. The minimum atomic E-state index is -1.97. The average molecular weight is 1100 g/mol. The number of carbonyl (C=O) groups is 3. The van der Waals surface area contributed by atoms with Gasteiger partial charge < -0.3 is 78.3 Å². The first-order valence-corrected chi connectivity index (χ1v) is 27.9. The molecule has 2 aromatic rings. The summed E-state index contributed by atoms with van der Waals surface area (Å²) in [4.78, 5) is 60.3. The van der Waals surface area contributed by atoms with E-state index < -0.39 is 119 Å². The van der Waals surface area contributed by atoms with E-state index in [0.29, 0.717) is 50.0 Å². The summed E-state index contributed by atoms with van der Waals surface area (Å²) in [6.07, 6.45) is -5.45. The molecule has 6 N–H and O–H groups in total. The molecule has 1 aromatic heterocycles. The molecule has 6 rings (SSSR count). The SMILES string of the molecule is CC[C@@H]1OC(=O)[C@H](C)[C@H](O[C@@H]2C[C@](C)(OC)[C@H](OC(=O)CCNCCCc3cc4c5c(c3)c(=O)c(C(=O)O)cn5CCC4)[C@H](C)O2)[C@@H](C)[C@H](O[C@@H]2O[C@H](C)C[C@H](N(C)C)[C@@H]2O)[C@](C)(O)C[C@H](C)/C(=N\OC)[C@@H](C)[C@H](O)[C@@]1(C)O. The lowest BCUT2D eigenvalue weighted by molar-refractivity contribution is -0.318. The van der Waals surface area contributed by atoms with Crippen LogP contribution in [-0.4, -0.2) is 184 Å². The number of aromatic nitrogens is 1. The number of methoxy groups -OCH3 is 1. The number of likely N-dealkylation sites (N-methyl/N-ethyl adjacent to an activating group) is 1. The number of carbonyl (C=O) groups excluding carboxylic acids is 2. The van der Waals surface area contributed by atoms with E-state index in [4.69, 9.17) is 38.0 Å². The Kier molecular flexibility index (Phi) is 21.2. The number of nitrogens with one attached hydrogen (secondary N) is 1. The van der Waals surface area contributed by atoms with Gasteiger partial charge in [0.1, 0.15) is 36.1 Å². The minimum Gasteiger partial charge on any atom is -0.477 e. The van der Waals surface area contributed by atoms with Gasteiger partial charge in [-0.25, -0.2) is 4.79 Å². The summed E-state index contributed by atoms with van der Waals surface area (Å²) in [7, 11) is 6.57. The molecule has 0 aliphatic carbocycles. The number of aliphatic hydroxyl groups is 4. The molecule has 18 atom stereocenters. The van der Waals surface area contributed by atoms with Crippen molar-refractivity contribution in [3.8, 4) is 0 Å². The Balaban J connectivity index is 1.19. The van der Waals surface area contributed by atoms with E-state index in [1.807, 2.05) is 37.4 Å². The summed E-state index contributed by atoms with van der Waals surface area (Å²) < 4.78 is 46.7. The quantitative estimate of drug-likeness (QED) is 0.0730. The van der Waals surface area contributed by atoms with Gasteiger partial charge in [-0.2, -0.15) is 0 Å². The number of hydrogen-bond acceptors (Lipinski definition) is 19. The predicted octanol–water partition coefficient (Wildman–Crippen LogP) is 4.34. The van der Waals surface area contributed by atoms with Gasteiger partial charge in [-0.05, 0) is 124 Å². The maximum Gasteiger partial charge on any atom is 0.341 e. The van der Waals surface area contributed by atoms with Gasteiger partial charge in [0.05, 0.1) is 59.7 Å².